The summed E-state index contributed by atoms with van der Waals surface area (Å²) in [6, 6.07) is 4.63. The van der Waals surface area contributed by atoms with Crippen molar-refractivity contribution in [2.45, 2.75) is 65.2 Å². The molecule has 0 aliphatic heterocycles. The summed E-state index contributed by atoms with van der Waals surface area (Å²) in [7, 11) is 8.34. The van der Waals surface area contributed by atoms with E-state index in [-0.39, 0.29) is 0 Å². The number of rotatable bonds is 3. The van der Waals surface area contributed by atoms with Gasteiger partial charge in [0.25, 0.3) is 0 Å². The first-order chi connectivity index (χ1) is 11.2. The summed E-state index contributed by atoms with van der Waals surface area (Å²) in [4.78, 5) is 4.74. The van der Waals surface area contributed by atoms with Crippen molar-refractivity contribution in [3.8, 4) is 5.75 Å². The van der Waals surface area contributed by atoms with E-state index in [2.05, 4.69) is 39.6 Å². The molecule has 1 aromatic rings. The zero-order valence-electron chi connectivity index (χ0n) is 15.4. The second kappa shape index (κ2) is 10.5. The quantitative estimate of drug-likeness (QED) is 0.456. The summed E-state index contributed by atoms with van der Waals surface area (Å²) in [6.45, 7) is 11.2. The van der Waals surface area contributed by atoms with Crippen molar-refractivity contribution < 1.29 is 26.0 Å². The first kappa shape index (κ1) is 22.4. The third-order valence-electron chi connectivity index (χ3n) is 4.50. The average molecular weight is 466 g/mol. The molecule has 0 heterocycles. The molecule has 0 radical (unpaired) electrons. The molecule has 0 saturated heterocycles. The number of nitrogens with zero attached hydrogens (tertiary/aromatic N) is 1. The van der Waals surface area contributed by atoms with Crippen molar-refractivity contribution in [2.75, 3.05) is 0 Å². The third-order valence-corrected chi connectivity index (χ3v) is 6.50. The zero-order chi connectivity index (χ0) is 18.3. The normalized spacial score (nSPS) is 21.3. The molecule has 0 spiro atoms. The monoisotopic (exact) mass is 463 g/mol. The van der Waals surface area contributed by atoms with E-state index in [4.69, 9.17) is 22.0 Å². The van der Waals surface area contributed by atoms with Crippen LogP contribution in [-0.2, 0) is 20.8 Å². The van der Waals surface area contributed by atoms with Gasteiger partial charge in [-0.05, 0) is 49.8 Å². The summed E-state index contributed by atoms with van der Waals surface area (Å²) in [6.07, 6.45) is 6.84. The molecule has 1 N–H and O–H groups in total. The van der Waals surface area contributed by atoms with Crippen molar-refractivity contribution in [1.82, 2.24) is 0 Å². The number of phenols is 1. The van der Waals surface area contributed by atoms with Crippen molar-refractivity contribution in [3.63, 3.8) is 0 Å². The molecule has 2 nitrogen and oxygen atoms in total. The first-order valence-electron chi connectivity index (χ1n) is 8.52. The second-order valence-corrected chi connectivity index (χ2v) is 16.5. The molecule has 2 rings (SSSR count). The Morgan fingerprint density at radius 1 is 1.17 bits per heavy atom. The van der Waals surface area contributed by atoms with Crippen LogP contribution in [0, 0.1) is 12.8 Å². The van der Waals surface area contributed by atoms with E-state index in [9.17, 15) is 5.11 Å². The summed E-state index contributed by atoms with van der Waals surface area (Å²) in [5, 5.41) is 11.7. The van der Waals surface area contributed by atoms with Gasteiger partial charge in [-0.3, -0.25) is 4.99 Å². The van der Waals surface area contributed by atoms with Crippen LogP contribution >= 0.6 is 17.0 Å². The van der Waals surface area contributed by atoms with E-state index in [0.717, 1.165) is 16.7 Å². The Labute approximate surface area is 166 Å². The van der Waals surface area contributed by atoms with E-state index >= 15 is 0 Å². The third kappa shape index (κ3) is 7.32. The van der Waals surface area contributed by atoms with Crippen molar-refractivity contribution >= 4 is 36.5 Å². The minimum atomic E-state index is -1.53. The average Bonchev–Trinajstić information content (AvgIpc) is 2.49. The van der Waals surface area contributed by atoms with Crippen LogP contribution in [0.3, 0.4) is 0 Å². The van der Waals surface area contributed by atoms with E-state index in [1.807, 2.05) is 12.3 Å². The summed E-state index contributed by atoms with van der Waals surface area (Å²) < 4.78 is 0. The molecule has 0 unspecified atom stereocenters. The number of benzene rings is 1. The van der Waals surface area contributed by atoms with Crippen molar-refractivity contribution in [1.29, 1.82) is 0 Å². The van der Waals surface area contributed by atoms with Crippen LogP contribution in [0.15, 0.2) is 17.1 Å². The van der Waals surface area contributed by atoms with Gasteiger partial charge in [0, 0.05) is 17.8 Å². The van der Waals surface area contributed by atoms with Gasteiger partial charge in [0.2, 0.25) is 0 Å². The number of hydrogen-bond acceptors (Lipinski definition) is 2. The molecule has 1 aliphatic rings. The Hall–Kier alpha value is 0.370. The fourth-order valence-corrected chi connectivity index (χ4v) is 4.57. The van der Waals surface area contributed by atoms with Gasteiger partial charge in [-0.1, -0.05) is 38.2 Å². The molecule has 1 fully saturated rings. The van der Waals surface area contributed by atoms with Crippen molar-refractivity contribution in [3.05, 3.63) is 23.3 Å². The molecule has 0 atom stereocenters. The van der Waals surface area contributed by atoms with Crippen LogP contribution in [0.25, 0.3) is 0 Å². The topological polar surface area (TPSA) is 32.6 Å². The van der Waals surface area contributed by atoms with Crippen LogP contribution < -0.4 is 5.19 Å². The maximum absolute atomic E-state index is 10.6. The molecule has 6 heteroatoms. The SMILES string of the molecule is Cc1cc(C=NC2CCC(C)CC2)c(O)c([Si](C)(C)C)c1.[Cl][Zr][Cl]. The molecule has 0 bridgehead atoms. The standard InChI is InChI=1S/C18H29NOSi.2ClH.Zr/c1-13-6-8-16(9-7-13)19-12-15-10-14(2)11-17(18(15)20)21(3,4)5;;;/h10-13,16,20H,6-9H2,1-5H3;2*1H;/q;;;+2/p-2. The molecule has 24 heavy (non-hydrogen) atoms. The minimum absolute atomic E-state index is 0.441. The Balaban J connectivity index is 0.000000891. The van der Waals surface area contributed by atoms with Gasteiger partial charge in [-0.15, -0.1) is 0 Å². The fourth-order valence-electron chi connectivity index (χ4n) is 3.05. The first-order valence-corrected chi connectivity index (χ1v) is 18.4. The number of hydrogen-bond donors (Lipinski definition) is 1. The molecule has 1 aromatic carbocycles. The van der Waals surface area contributed by atoms with E-state index in [1.165, 1.54) is 31.2 Å². The number of aromatic hydroxyl groups is 1. The second-order valence-electron chi connectivity index (χ2n) is 7.76. The molecular formula is C18H29Cl2NOSiZr. The number of halogens is 2. The molecule has 0 aromatic heterocycles. The zero-order valence-corrected chi connectivity index (χ0v) is 20.3. The van der Waals surface area contributed by atoms with Gasteiger partial charge in [0.1, 0.15) is 5.75 Å². The molecule has 1 aliphatic carbocycles. The van der Waals surface area contributed by atoms with Gasteiger partial charge < -0.3 is 5.11 Å². The van der Waals surface area contributed by atoms with Crippen LogP contribution in [0.4, 0.5) is 0 Å². The van der Waals surface area contributed by atoms with Gasteiger partial charge in [-0.2, -0.15) is 0 Å². The van der Waals surface area contributed by atoms with E-state index in [1.54, 1.807) is 0 Å². The Bertz CT molecular complexity index is 553. The van der Waals surface area contributed by atoms with Gasteiger partial charge in [0.15, 0.2) is 0 Å². The van der Waals surface area contributed by atoms with E-state index in [0.29, 0.717) is 11.8 Å². The molecule has 0 amide bonds. The van der Waals surface area contributed by atoms with Crippen LogP contribution in [0.1, 0.15) is 43.7 Å². The Kier molecular flexibility index (Phi) is 9.81. The predicted octanol–water partition coefficient (Wildman–Crippen LogP) is 5.62. The summed E-state index contributed by atoms with van der Waals surface area (Å²) in [5.74, 6) is 1.30. The Morgan fingerprint density at radius 3 is 2.21 bits per heavy atom. The predicted molar refractivity (Wildman–Crippen MR) is 107 cm³/mol. The molecule has 1 saturated carbocycles. The van der Waals surface area contributed by atoms with Gasteiger partial charge in [-0.25, -0.2) is 0 Å². The molecule has 134 valence electrons. The maximum atomic E-state index is 10.6. The Morgan fingerprint density at radius 2 is 1.71 bits per heavy atom. The van der Waals surface area contributed by atoms with Gasteiger partial charge >= 0.3 is 37.9 Å². The number of aliphatic imine (C=N–C) groups is 1. The van der Waals surface area contributed by atoms with Crippen LogP contribution in [-0.4, -0.2) is 25.4 Å². The number of aryl methyl sites for hydroxylation is 1. The number of phenolic OH excluding ortho intramolecular Hbond substituents is 1. The van der Waals surface area contributed by atoms with Gasteiger partial charge in [0.05, 0.1) is 8.07 Å². The van der Waals surface area contributed by atoms with E-state index < -0.39 is 28.9 Å². The summed E-state index contributed by atoms with van der Waals surface area (Å²) >= 11 is -0.826. The van der Waals surface area contributed by atoms with Crippen LogP contribution in [0.2, 0.25) is 19.6 Å². The summed E-state index contributed by atoms with van der Waals surface area (Å²) in [5.41, 5.74) is 2.11. The fraction of sp³-hybridized carbons (Fsp3) is 0.611. The molecular weight excluding hydrogens is 436 g/mol. The van der Waals surface area contributed by atoms with Crippen LogP contribution in [0.5, 0.6) is 5.75 Å². The van der Waals surface area contributed by atoms with Crippen molar-refractivity contribution in [2.24, 2.45) is 10.9 Å².